The Bertz CT molecular complexity index is 349. The van der Waals surface area contributed by atoms with Crippen LogP contribution >= 0.6 is 15.9 Å². The van der Waals surface area contributed by atoms with E-state index in [2.05, 4.69) is 48.0 Å². The fraction of sp³-hybridized carbons (Fsp3) is 0.364. The molecule has 0 heterocycles. The Kier molecular flexibility index (Phi) is 3.69. The topological polar surface area (TPSA) is 20.3 Å². The van der Waals surface area contributed by atoms with Crippen LogP contribution in [0.3, 0.4) is 0 Å². The van der Waals surface area contributed by atoms with Crippen LogP contribution in [0.2, 0.25) is 0 Å². The number of rotatable bonds is 2. The van der Waals surface area contributed by atoms with Crippen LogP contribution < -0.4 is 0 Å². The molecular formula is C11H14BrNO. The average molecular weight is 256 g/mol. The van der Waals surface area contributed by atoms with E-state index < -0.39 is 0 Å². The number of halogens is 1. The molecule has 1 aromatic carbocycles. The van der Waals surface area contributed by atoms with Crippen molar-refractivity contribution in [1.82, 2.24) is 4.90 Å². The third kappa shape index (κ3) is 2.84. The molecule has 14 heavy (non-hydrogen) atoms. The molecule has 1 rings (SSSR count). The Labute approximate surface area is 93.0 Å². The Morgan fingerprint density at radius 3 is 2.50 bits per heavy atom. The van der Waals surface area contributed by atoms with Crippen molar-refractivity contribution in [3.63, 3.8) is 0 Å². The van der Waals surface area contributed by atoms with Crippen molar-refractivity contribution in [2.75, 3.05) is 7.05 Å². The summed E-state index contributed by atoms with van der Waals surface area (Å²) < 4.78 is 0. The second-order valence-corrected chi connectivity index (χ2v) is 4.21. The molecule has 0 bridgehead atoms. The molecule has 0 spiro atoms. The third-order valence-corrected chi connectivity index (χ3v) is 2.90. The van der Waals surface area contributed by atoms with Crippen LogP contribution in [0.1, 0.15) is 16.7 Å². The smallest absolute Gasteiger partial charge is 0.289 e. The van der Waals surface area contributed by atoms with Crippen molar-refractivity contribution in [3.8, 4) is 0 Å². The number of carbonyl (C=O) groups is 1. The summed E-state index contributed by atoms with van der Waals surface area (Å²) in [5, 5.41) is 0. The molecule has 0 saturated heterocycles. The van der Waals surface area contributed by atoms with Gasteiger partial charge in [0.1, 0.15) is 0 Å². The first-order valence-corrected chi connectivity index (χ1v) is 5.26. The SMILES string of the molecule is Cc1ccc(CN(C)C(=O)Br)cc1C. The maximum atomic E-state index is 10.9. The fourth-order valence-corrected chi connectivity index (χ4v) is 1.36. The molecule has 0 fully saturated rings. The maximum Gasteiger partial charge on any atom is 0.289 e. The van der Waals surface area contributed by atoms with Crippen molar-refractivity contribution in [2.24, 2.45) is 0 Å². The predicted molar refractivity (Wildman–Crippen MR) is 61.7 cm³/mol. The lowest BCUT2D eigenvalue weighted by Crippen LogP contribution is -2.19. The minimum Gasteiger partial charge on any atom is -0.332 e. The second-order valence-electron chi connectivity index (χ2n) is 3.53. The van der Waals surface area contributed by atoms with Gasteiger partial charge in [-0.25, -0.2) is 0 Å². The number of hydrogen-bond acceptors (Lipinski definition) is 1. The summed E-state index contributed by atoms with van der Waals surface area (Å²) in [5.74, 6) is 0. The predicted octanol–water partition coefficient (Wildman–Crippen LogP) is 3.25. The van der Waals surface area contributed by atoms with E-state index in [-0.39, 0.29) is 4.82 Å². The quantitative estimate of drug-likeness (QED) is 0.587. The minimum atomic E-state index is -0.0873. The molecule has 0 unspecified atom stereocenters. The molecule has 0 aromatic heterocycles. The summed E-state index contributed by atoms with van der Waals surface area (Å²) in [4.78, 5) is 12.5. The summed E-state index contributed by atoms with van der Waals surface area (Å²) in [5.41, 5.74) is 3.70. The number of hydrogen-bond donors (Lipinski definition) is 0. The molecule has 3 heteroatoms. The lowest BCUT2D eigenvalue weighted by atomic mass is 10.1. The number of nitrogens with zero attached hydrogens (tertiary/aromatic N) is 1. The van der Waals surface area contributed by atoms with Crippen LogP contribution in [0.4, 0.5) is 4.79 Å². The van der Waals surface area contributed by atoms with Gasteiger partial charge < -0.3 is 4.90 Å². The van der Waals surface area contributed by atoms with Gasteiger partial charge in [-0.3, -0.25) is 4.79 Å². The molecule has 0 atom stereocenters. The molecule has 0 radical (unpaired) electrons. The van der Waals surface area contributed by atoms with Crippen LogP contribution in [0.25, 0.3) is 0 Å². The van der Waals surface area contributed by atoms with Gasteiger partial charge in [-0.2, -0.15) is 0 Å². The van der Waals surface area contributed by atoms with Crippen LogP contribution in [0.15, 0.2) is 18.2 Å². The van der Waals surface area contributed by atoms with E-state index in [0.717, 1.165) is 5.56 Å². The van der Waals surface area contributed by atoms with E-state index in [1.807, 2.05) is 0 Å². The Morgan fingerprint density at radius 1 is 1.36 bits per heavy atom. The highest BCUT2D eigenvalue weighted by molar-refractivity contribution is 9.18. The average Bonchev–Trinajstić information content (AvgIpc) is 2.11. The zero-order valence-corrected chi connectivity index (χ0v) is 10.3. The lowest BCUT2D eigenvalue weighted by Gasteiger charge is -2.14. The zero-order valence-electron chi connectivity index (χ0n) is 8.67. The first kappa shape index (κ1) is 11.2. The molecule has 2 nitrogen and oxygen atoms in total. The number of benzene rings is 1. The molecule has 1 amide bonds. The normalized spacial score (nSPS) is 10.0. The van der Waals surface area contributed by atoms with E-state index in [4.69, 9.17) is 0 Å². The summed E-state index contributed by atoms with van der Waals surface area (Å²) >= 11 is 2.92. The van der Waals surface area contributed by atoms with Crippen molar-refractivity contribution in [2.45, 2.75) is 20.4 Å². The van der Waals surface area contributed by atoms with Crippen molar-refractivity contribution >= 4 is 20.7 Å². The summed E-state index contributed by atoms with van der Waals surface area (Å²) in [6.45, 7) is 4.80. The van der Waals surface area contributed by atoms with Gasteiger partial charge in [-0.15, -0.1) is 0 Å². The number of amides is 1. The van der Waals surface area contributed by atoms with Gasteiger partial charge in [0.25, 0.3) is 4.82 Å². The molecule has 0 N–H and O–H groups in total. The molecular weight excluding hydrogens is 242 g/mol. The highest BCUT2D eigenvalue weighted by Gasteiger charge is 2.05. The van der Waals surface area contributed by atoms with Crippen LogP contribution in [0.5, 0.6) is 0 Å². The Balaban J connectivity index is 2.78. The van der Waals surface area contributed by atoms with E-state index in [9.17, 15) is 4.79 Å². The van der Waals surface area contributed by atoms with E-state index >= 15 is 0 Å². The van der Waals surface area contributed by atoms with Crippen molar-refractivity contribution in [3.05, 3.63) is 34.9 Å². The standard InChI is InChI=1S/C11H14BrNO/c1-8-4-5-10(6-9(8)2)7-13(3)11(12)14/h4-6H,7H2,1-3H3. The molecule has 0 aliphatic rings. The highest BCUT2D eigenvalue weighted by atomic mass is 79.9. The van der Waals surface area contributed by atoms with Crippen molar-refractivity contribution in [1.29, 1.82) is 0 Å². The van der Waals surface area contributed by atoms with Gasteiger partial charge in [0.2, 0.25) is 0 Å². The zero-order chi connectivity index (χ0) is 10.7. The van der Waals surface area contributed by atoms with E-state index in [1.54, 1.807) is 11.9 Å². The Hall–Kier alpha value is -0.830. The summed E-state index contributed by atoms with van der Waals surface area (Å²) in [6, 6.07) is 6.24. The Morgan fingerprint density at radius 2 is 2.00 bits per heavy atom. The number of carbonyl (C=O) groups excluding carboxylic acids is 1. The van der Waals surface area contributed by atoms with Gasteiger partial charge in [0.05, 0.1) is 0 Å². The fourth-order valence-electron chi connectivity index (χ4n) is 1.24. The second kappa shape index (κ2) is 4.60. The summed E-state index contributed by atoms with van der Waals surface area (Å²) in [6.07, 6.45) is 0. The van der Waals surface area contributed by atoms with Gasteiger partial charge in [-0.05, 0) is 30.5 Å². The van der Waals surface area contributed by atoms with Crippen LogP contribution in [-0.2, 0) is 6.54 Å². The van der Waals surface area contributed by atoms with Crippen LogP contribution in [0, 0.1) is 13.8 Å². The highest BCUT2D eigenvalue weighted by Crippen LogP contribution is 2.12. The third-order valence-electron chi connectivity index (χ3n) is 2.29. The molecule has 0 saturated carbocycles. The number of aryl methyl sites for hydroxylation is 2. The first-order chi connectivity index (χ1) is 6.50. The van der Waals surface area contributed by atoms with Gasteiger partial charge >= 0.3 is 0 Å². The van der Waals surface area contributed by atoms with E-state index in [0.29, 0.717) is 6.54 Å². The minimum absolute atomic E-state index is 0.0873. The van der Waals surface area contributed by atoms with Gasteiger partial charge in [0, 0.05) is 29.5 Å². The summed E-state index contributed by atoms with van der Waals surface area (Å²) in [7, 11) is 1.77. The lowest BCUT2D eigenvalue weighted by molar-refractivity contribution is 0.233. The molecule has 1 aromatic rings. The largest absolute Gasteiger partial charge is 0.332 e. The molecule has 76 valence electrons. The van der Waals surface area contributed by atoms with E-state index in [1.165, 1.54) is 11.1 Å². The van der Waals surface area contributed by atoms with Gasteiger partial charge in [-0.1, -0.05) is 18.2 Å². The maximum absolute atomic E-state index is 10.9. The molecule has 0 aliphatic heterocycles. The first-order valence-electron chi connectivity index (χ1n) is 4.47. The van der Waals surface area contributed by atoms with Crippen LogP contribution in [-0.4, -0.2) is 16.8 Å². The monoisotopic (exact) mass is 255 g/mol. The van der Waals surface area contributed by atoms with Crippen molar-refractivity contribution < 1.29 is 4.79 Å². The molecule has 0 aliphatic carbocycles. The van der Waals surface area contributed by atoms with Gasteiger partial charge in [0.15, 0.2) is 0 Å².